The molecule has 0 aliphatic rings. The van der Waals surface area contributed by atoms with Gasteiger partial charge in [0.25, 0.3) is 5.91 Å². The van der Waals surface area contributed by atoms with Gasteiger partial charge in [-0.25, -0.2) is 4.98 Å². The van der Waals surface area contributed by atoms with Crippen molar-refractivity contribution >= 4 is 11.6 Å². The monoisotopic (exact) mass is 312 g/mol. The number of carbonyl (C=O) groups is 1. The van der Waals surface area contributed by atoms with Gasteiger partial charge in [0, 0.05) is 31.5 Å². The van der Waals surface area contributed by atoms with Crippen molar-refractivity contribution in [1.82, 2.24) is 14.9 Å². The third kappa shape index (κ3) is 5.36. The van der Waals surface area contributed by atoms with Gasteiger partial charge in [0.15, 0.2) is 0 Å². The number of carbonyl (C=O) groups excluding carboxylic acids is 1. The highest BCUT2D eigenvalue weighted by molar-refractivity contribution is 5.92. The van der Waals surface area contributed by atoms with E-state index in [0.29, 0.717) is 12.2 Å². The number of nitrogens with one attached hydrogen (secondary N) is 1. The van der Waals surface area contributed by atoms with Gasteiger partial charge in [-0.2, -0.15) is 0 Å². The summed E-state index contributed by atoms with van der Waals surface area (Å²) in [5, 5.41) is 3.33. The minimum Gasteiger partial charge on any atom is -0.379 e. The lowest BCUT2D eigenvalue weighted by Crippen LogP contribution is -2.30. The standard InChI is InChI=1S/C18H24N4O/c1-18(2,3)21-15-5-6-16(20-13-15)17(23)22(4)12-9-14-7-10-19-11-8-14/h5-8,10-11,13,21H,9,12H2,1-4H3. The molecule has 0 fully saturated rings. The molecule has 0 bridgehead atoms. The van der Waals surface area contributed by atoms with Crippen LogP contribution < -0.4 is 5.32 Å². The van der Waals surface area contributed by atoms with Crippen molar-refractivity contribution in [3.63, 3.8) is 0 Å². The van der Waals surface area contributed by atoms with Crippen molar-refractivity contribution in [2.24, 2.45) is 0 Å². The SMILES string of the molecule is CN(CCc1ccncc1)C(=O)c1ccc(NC(C)(C)C)cn1. The second-order valence-electron chi connectivity index (χ2n) is 6.64. The zero-order valence-electron chi connectivity index (χ0n) is 14.2. The number of pyridine rings is 2. The summed E-state index contributed by atoms with van der Waals surface area (Å²) in [4.78, 5) is 22.4. The summed E-state index contributed by atoms with van der Waals surface area (Å²) in [5.74, 6) is -0.0682. The molecule has 0 saturated carbocycles. The molecule has 0 atom stereocenters. The van der Waals surface area contributed by atoms with E-state index in [0.717, 1.165) is 17.7 Å². The first-order valence-electron chi connectivity index (χ1n) is 7.74. The number of likely N-dealkylation sites (N-methyl/N-ethyl adjacent to an activating group) is 1. The summed E-state index contributed by atoms with van der Waals surface area (Å²) in [6.07, 6.45) is 6.03. The van der Waals surface area contributed by atoms with Crippen LogP contribution in [0.3, 0.4) is 0 Å². The lowest BCUT2D eigenvalue weighted by Gasteiger charge is -2.22. The van der Waals surface area contributed by atoms with Crippen LogP contribution in [0.4, 0.5) is 5.69 Å². The van der Waals surface area contributed by atoms with Crippen LogP contribution in [0.25, 0.3) is 0 Å². The molecule has 23 heavy (non-hydrogen) atoms. The molecule has 122 valence electrons. The molecule has 0 radical (unpaired) electrons. The Morgan fingerprint density at radius 1 is 1.17 bits per heavy atom. The van der Waals surface area contributed by atoms with Crippen LogP contribution in [0, 0.1) is 0 Å². The highest BCUT2D eigenvalue weighted by Crippen LogP contribution is 2.14. The molecule has 2 rings (SSSR count). The van der Waals surface area contributed by atoms with Crippen LogP contribution in [0.15, 0.2) is 42.9 Å². The molecule has 0 aliphatic heterocycles. The molecule has 2 aromatic heterocycles. The summed E-state index contributed by atoms with van der Waals surface area (Å²) < 4.78 is 0. The van der Waals surface area contributed by atoms with Crippen molar-refractivity contribution in [3.05, 3.63) is 54.1 Å². The number of anilines is 1. The lowest BCUT2D eigenvalue weighted by molar-refractivity contribution is 0.0791. The molecule has 0 spiro atoms. The Morgan fingerprint density at radius 3 is 2.43 bits per heavy atom. The second-order valence-corrected chi connectivity index (χ2v) is 6.64. The molecule has 5 nitrogen and oxygen atoms in total. The van der Waals surface area contributed by atoms with Gasteiger partial charge >= 0.3 is 0 Å². The first-order valence-corrected chi connectivity index (χ1v) is 7.74. The van der Waals surface area contributed by atoms with Crippen LogP contribution in [-0.2, 0) is 6.42 Å². The van der Waals surface area contributed by atoms with E-state index >= 15 is 0 Å². The van der Waals surface area contributed by atoms with Gasteiger partial charge in [-0.1, -0.05) is 0 Å². The van der Waals surface area contributed by atoms with E-state index in [1.54, 1.807) is 36.6 Å². The Morgan fingerprint density at radius 2 is 1.87 bits per heavy atom. The number of rotatable bonds is 5. The third-order valence-electron chi connectivity index (χ3n) is 3.33. The molecular formula is C18H24N4O. The van der Waals surface area contributed by atoms with E-state index in [2.05, 4.69) is 36.1 Å². The number of aromatic nitrogens is 2. The van der Waals surface area contributed by atoms with Gasteiger partial charge in [0.05, 0.1) is 11.9 Å². The van der Waals surface area contributed by atoms with Crippen molar-refractivity contribution < 1.29 is 4.79 Å². The summed E-state index contributed by atoms with van der Waals surface area (Å²) in [5.41, 5.74) is 2.50. The maximum absolute atomic E-state index is 12.4. The Balaban J connectivity index is 1.94. The number of hydrogen-bond donors (Lipinski definition) is 1. The zero-order chi connectivity index (χ0) is 16.9. The Labute approximate surface area is 137 Å². The molecule has 0 unspecified atom stereocenters. The molecule has 1 N–H and O–H groups in total. The van der Waals surface area contributed by atoms with E-state index in [9.17, 15) is 4.79 Å². The molecule has 5 heteroatoms. The fourth-order valence-electron chi connectivity index (χ4n) is 2.17. The van der Waals surface area contributed by atoms with Gasteiger partial charge in [-0.15, -0.1) is 0 Å². The molecular weight excluding hydrogens is 288 g/mol. The maximum atomic E-state index is 12.4. The van der Waals surface area contributed by atoms with Crippen LogP contribution in [-0.4, -0.2) is 39.9 Å². The van der Waals surface area contributed by atoms with Gasteiger partial charge in [-0.3, -0.25) is 9.78 Å². The normalized spacial score (nSPS) is 11.1. The van der Waals surface area contributed by atoms with Gasteiger partial charge in [0.2, 0.25) is 0 Å². The molecule has 0 aromatic carbocycles. The minimum atomic E-state index is -0.0682. The van der Waals surface area contributed by atoms with Crippen molar-refractivity contribution in [2.45, 2.75) is 32.7 Å². The predicted octanol–water partition coefficient (Wildman–Crippen LogP) is 3.00. The number of amides is 1. The summed E-state index contributed by atoms with van der Waals surface area (Å²) in [6.45, 7) is 6.89. The first-order chi connectivity index (χ1) is 10.8. The highest BCUT2D eigenvalue weighted by Gasteiger charge is 2.14. The molecule has 2 heterocycles. The fraction of sp³-hybridized carbons (Fsp3) is 0.389. The Bertz CT molecular complexity index is 632. The smallest absolute Gasteiger partial charge is 0.272 e. The van der Waals surface area contributed by atoms with Crippen LogP contribution in [0.2, 0.25) is 0 Å². The minimum absolute atomic E-state index is 0.0332. The lowest BCUT2D eigenvalue weighted by atomic mass is 10.1. The predicted molar refractivity (Wildman–Crippen MR) is 92.5 cm³/mol. The van der Waals surface area contributed by atoms with Crippen LogP contribution in [0.1, 0.15) is 36.8 Å². The summed E-state index contributed by atoms with van der Waals surface area (Å²) in [6, 6.07) is 7.58. The zero-order valence-corrected chi connectivity index (χ0v) is 14.2. The van der Waals surface area contributed by atoms with Gasteiger partial charge < -0.3 is 10.2 Å². The quantitative estimate of drug-likeness (QED) is 0.922. The van der Waals surface area contributed by atoms with E-state index < -0.39 is 0 Å². The van der Waals surface area contributed by atoms with E-state index in [-0.39, 0.29) is 11.4 Å². The topological polar surface area (TPSA) is 58.1 Å². The molecule has 2 aromatic rings. The van der Waals surface area contributed by atoms with Crippen molar-refractivity contribution in [3.8, 4) is 0 Å². The third-order valence-corrected chi connectivity index (χ3v) is 3.33. The van der Waals surface area contributed by atoms with Crippen LogP contribution in [0.5, 0.6) is 0 Å². The van der Waals surface area contributed by atoms with Crippen molar-refractivity contribution in [1.29, 1.82) is 0 Å². The first kappa shape index (κ1) is 16.9. The summed E-state index contributed by atoms with van der Waals surface area (Å²) >= 11 is 0. The Hall–Kier alpha value is -2.43. The molecule has 0 aliphatic carbocycles. The number of hydrogen-bond acceptors (Lipinski definition) is 4. The Kier molecular flexibility index (Phi) is 5.32. The van der Waals surface area contributed by atoms with Crippen molar-refractivity contribution in [2.75, 3.05) is 18.9 Å². The number of nitrogens with zero attached hydrogens (tertiary/aromatic N) is 3. The largest absolute Gasteiger partial charge is 0.379 e. The second kappa shape index (κ2) is 7.22. The average Bonchev–Trinajstić information content (AvgIpc) is 2.52. The molecule has 0 saturated heterocycles. The van der Waals surface area contributed by atoms with Gasteiger partial charge in [-0.05, 0) is 57.0 Å². The van der Waals surface area contributed by atoms with Crippen LogP contribution >= 0.6 is 0 Å². The van der Waals surface area contributed by atoms with E-state index in [1.165, 1.54) is 0 Å². The van der Waals surface area contributed by atoms with Gasteiger partial charge in [0.1, 0.15) is 5.69 Å². The highest BCUT2D eigenvalue weighted by atomic mass is 16.2. The maximum Gasteiger partial charge on any atom is 0.272 e. The van der Waals surface area contributed by atoms with E-state index in [1.807, 2.05) is 18.2 Å². The van der Waals surface area contributed by atoms with E-state index in [4.69, 9.17) is 0 Å². The summed E-state index contributed by atoms with van der Waals surface area (Å²) in [7, 11) is 1.80. The average molecular weight is 312 g/mol. The molecule has 1 amide bonds. The fourth-order valence-corrected chi connectivity index (χ4v) is 2.17.